The van der Waals surface area contributed by atoms with Crippen LogP contribution in [0.1, 0.15) is 18.4 Å². The van der Waals surface area contributed by atoms with Crippen molar-refractivity contribution in [3.8, 4) is 0 Å². The lowest BCUT2D eigenvalue weighted by Gasteiger charge is -2.07. The first-order valence-electron chi connectivity index (χ1n) is 5.03. The van der Waals surface area contributed by atoms with Crippen molar-refractivity contribution in [2.75, 3.05) is 6.54 Å². The maximum Gasteiger partial charge on any atom is 0.217 e. The average Bonchev–Trinajstić information content (AvgIpc) is 2.21. The van der Waals surface area contributed by atoms with Gasteiger partial charge in [-0.15, -0.1) is 0 Å². The zero-order valence-electron chi connectivity index (χ0n) is 8.80. The van der Waals surface area contributed by atoms with Gasteiger partial charge in [0.2, 0.25) is 5.91 Å². The summed E-state index contributed by atoms with van der Waals surface area (Å²) in [6.07, 6.45) is 1.11. The van der Waals surface area contributed by atoms with Crippen LogP contribution in [-0.2, 0) is 11.3 Å². The van der Waals surface area contributed by atoms with E-state index in [1.165, 1.54) is 0 Å². The van der Waals surface area contributed by atoms with E-state index in [0.717, 1.165) is 12.0 Å². The van der Waals surface area contributed by atoms with Crippen molar-refractivity contribution in [2.45, 2.75) is 19.4 Å². The van der Waals surface area contributed by atoms with Crippen molar-refractivity contribution < 1.29 is 4.79 Å². The lowest BCUT2D eigenvalue weighted by molar-refractivity contribution is -0.118. The maximum atomic E-state index is 10.5. The first-order chi connectivity index (χ1) is 7.61. The number of hydrogen-bond acceptors (Lipinski definition) is 2. The Morgan fingerprint density at radius 3 is 2.50 bits per heavy atom. The molecular formula is C11H14Cl2N2O. The number of rotatable bonds is 6. The van der Waals surface area contributed by atoms with Gasteiger partial charge in [0, 0.05) is 28.6 Å². The molecule has 0 atom stereocenters. The second kappa shape index (κ2) is 6.74. The van der Waals surface area contributed by atoms with Crippen LogP contribution in [-0.4, -0.2) is 12.5 Å². The number of carbonyl (C=O) groups is 1. The number of carbonyl (C=O) groups excluding carboxylic acids is 1. The Hall–Kier alpha value is -0.770. The molecule has 0 spiro atoms. The third kappa shape index (κ3) is 4.39. The molecule has 0 heterocycles. The molecule has 3 nitrogen and oxygen atoms in total. The van der Waals surface area contributed by atoms with E-state index >= 15 is 0 Å². The van der Waals surface area contributed by atoms with Gasteiger partial charge < -0.3 is 11.1 Å². The highest BCUT2D eigenvalue weighted by molar-refractivity contribution is 6.35. The monoisotopic (exact) mass is 260 g/mol. The Balaban J connectivity index is 2.34. The summed E-state index contributed by atoms with van der Waals surface area (Å²) in [5, 5.41) is 4.46. The number of primary amides is 1. The fourth-order valence-corrected chi connectivity index (χ4v) is 1.83. The number of halogens is 2. The van der Waals surface area contributed by atoms with Crippen LogP contribution in [0.15, 0.2) is 18.2 Å². The molecule has 3 N–H and O–H groups in total. The molecule has 1 amide bonds. The van der Waals surface area contributed by atoms with Crippen molar-refractivity contribution in [3.63, 3.8) is 0 Å². The van der Waals surface area contributed by atoms with Gasteiger partial charge in [-0.1, -0.05) is 29.3 Å². The molecule has 88 valence electrons. The van der Waals surface area contributed by atoms with Crippen molar-refractivity contribution in [3.05, 3.63) is 33.8 Å². The standard InChI is InChI=1S/C11H14Cl2N2O/c12-9-3-1-4-10(13)8(9)7-15-6-2-5-11(14)16/h1,3-4,15H,2,5-7H2,(H2,14,16). The van der Waals surface area contributed by atoms with Crippen molar-refractivity contribution in [1.82, 2.24) is 5.32 Å². The molecule has 5 heteroatoms. The van der Waals surface area contributed by atoms with E-state index in [1.54, 1.807) is 18.2 Å². The molecular weight excluding hydrogens is 247 g/mol. The molecule has 0 saturated heterocycles. The molecule has 0 unspecified atom stereocenters. The Kier molecular flexibility index (Phi) is 5.60. The first-order valence-corrected chi connectivity index (χ1v) is 5.78. The Morgan fingerprint density at radius 2 is 1.94 bits per heavy atom. The van der Waals surface area contributed by atoms with E-state index in [4.69, 9.17) is 28.9 Å². The zero-order valence-corrected chi connectivity index (χ0v) is 10.3. The van der Waals surface area contributed by atoms with Gasteiger partial charge in [-0.2, -0.15) is 0 Å². The van der Waals surface area contributed by atoms with Crippen LogP contribution in [0.5, 0.6) is 0 Å². The zero-order chi connectivity index (χ0) is 12.0. The van der Waals surface area contributed by atoms with E-state index in [1.807, 2.05) is 0 Å². The summed E-state index contributed by atoms with van der Waals surface area (Å²) in [5.41, 5.74) is 5.90. The fourth-order valence-electron chi connectivity index (χ4n) is 1.30. The molecule has 0 bridgehead atoms. The van der Waals surface area contributed by atoms with Gasteiger partial charge in [0.1, 0.15) is 0 Å². The van der Waals surface area contributed by atoms with Crippen LogP contribution < -0.4 is 11.1 Å². The van der Waals surface area contributed by atoms with Crippen LogP contribution in [0, 0.1) is 0 Å². The first kappa shape index (κ1) is 13.3. The third-order valence-corrected chi connectivity index (χ3v) is 2.85. The lowest BCUT2D eigenvalue weighted by Crippen LogP contribution is -2.18. The lowest BCUT2D eigenvalue weighted by atomic mass is 10.2. The van der Waals surface area contributed by atoms with Gasteiger partial charge >= 0.3 is 0 Å². The molecule has 0 aliphatic carbocycles. The van der Waals surface area contributed by atoms with Gasteiger partial charge in [0.25, 0.3) is 0 Å². The topological polar surface area (TPSA) is 55.1 Å². The molecule has 1 aromatic carbocycles. The second-order valence-electron chi connectivity index (χ2n) is 3.45. The molecule has 1 rings (SSSR count). The maximum absolute atomic E-state index is 10.5. The second-order valence-corrected chi connectivity index (χ2v) is 4.26. The van der Waals surface area contributed by atoms with Crippen molar-refractivity contribution in [1.29, 1.82) is 0 Å². The SMILES string of the molecule is NC(=O)CCCNCc1c(Cl)cccc1Cl. The summed E-state index contributed by atoms with van der Waals surface area (Å²) < 4.78 is 0. The van der Waals surface area contributed by atoms with E-state index in [0.29, 0.717) is 29.6 Å². The van der Waals surface area contributed by atoms with Crippen LogP contribution in [0.4, 0.5) is 0 Å². The summed E-state index contributed by atoms with van der Waals surface area (Å²) >= 11 is 12.0. The predicted octanol–water partition coefficient (Wildman–Crippen LogP) is 2.35. The smallest absolute Gasteiger partial charge is 0.217 e. The Labute approximate surface area is 105 Å². The van der Waals surface area contributed by atoms with Gasteiger partial charge in [0.05, 0.1) is 0 Å². The summed E-state index contributed by atoms with van der Waals surface area (Å²) in [6.45, 7) is 1.31. The van der Waals surface area contributed by atoms with E-state index in [9.17, 15) is 4.79 Å². The number of amides is 1. The summed E-state index contributed by atoms with van der Waals surface area (Å²) in [7, 11) is 0. The Morgan fingerprint density at radius 1 is 1.31 bits per heavy atom. The highest BCUT2D eigenvalue weighted by Gasteiger charge is 2.04. The minimum Gasteiger partial charge on any atom is -0.370 e. The largest absolute Gasteiger partial charge is 0.370 e. The van der Waals surface area contributed by atoms with Crippen LogP contribution in [0.2, 0.25) is 10.0 Å². The quantitative estimate of drug-likeness (QED) is 0.772. The average molecular weight is 261 g/mol. The van der Waals surface area contributed by atoms with Gasteiger partial charge in [-0.25, -0.2) is 0 Å². The summed E-state index contributed by atoms with van der Waals surface area (Å²) in [6, 6.07) is 5.41. The van der Waals surface area contributed by atoms with E-state index < -0.39 is 0 Å². The van der Waals surface area contributed by atoms with Crippen molar-refractivity contribution in [2.24, 2.45) is 5.73 Å². The summed E-state index contributed by atoms with van der Waals surface area (Å²) in [5.74, 6) is -0.280. The fraction of sp³-hybridized carbons (Fsp3) is 0.364. The van der Waals surface area contributed by atoms with Crippen LogP contribution in [0.3, 0.4) is 0 Å². The molecule has 0 fully saturated rings. The van der Waals surface area contributed by atoms with Crippen LogP contribution in [0.25, 0.3) is 0 Å². The molecule has 0 radical (unpaired) electrons. The molecule has 0 saturated carbocycles. The summed E-state index contributed by atoms with van der Waals surface area (Å²) in [4.78, 5) is 10.5. The minimum atomic E-state index is -0.280. The van der Waals surface area contributed by atoms with Gasteiger partial charge in [-0.05, 0) is 25.1 Å². The third-order valence-electron chi connectivity index (χ3n) is 2.14. The molecule has 0 aliphatic heterocycles. The normalized spacial score (nSPS) is 10.4. The van der Waals surface area contributed by atoms with E-state index in [2.05, 4.69) is 5.32 Å². The predicted molar refractivity (Wildman–Crippen MR) is 66.6 cm³/mol. The molecule has 1 aromatic rings. The molecule has 0 aliphatic rings. The van der Waals surface area contributed by atoms with Gasteiger partial charge in [0.15, 0.2) is 0 Å². The Bertz CT molecular complexity index is 349. The molecule has 0 aromatic heterocycles. The highest BCUT2D eigenvalue weighted by Crippen LogP contribution is 2.23. The van der Waals surface area contributed by atoms with Crippen LogP contribution >= 0.6 is 23.2 Å². The number of nitrogens with one attached hydrogen (secondary N) is 1. The number of hydrogen-bond donors (Lipinski definition) is 2. The van der Waals surface area contributed by atoms with Gasteiger partial charge in [-0.3, -0.25) is 4.79 Å². The molecule has 16 heavy (non-hydrogen) atoms. The number of benzene rings is 1. The van der Waals surface area contributed by atoms with Crippen molar-refractivity contribution >= 4 is 29.1 Å². The number of nitrogens with two attached hydrogens (primary N) is 1. The minimum absolute atomic E-state index is 0.280. The highest BCUT2D eigenvalue weighted by atomic mass is 35.5. The van der Waals surface area contributed by atoms with E-state index in [-0.39, 0.29) is 5.91 Å².